The monoisotopic (exact) mass is 329 g/mol. The Labute approximate surface area is 121 Å². The Morgan fingerprint density at radius 1 is 1.44 bits per heavy atom. The smallest absolute Gasteiger partial charge is 0.153 e. The van der Waals surface area contributed by atoms with E-state index >= 15 is 0 Å². The van der Waals surface area contributed by atoms with Gasteiger partial charge in [0.15, 0.2) is 5.58 Å². The molecule has 0 aliphatic rings. The molecule has 4 heteroatoms. The van der Waals surface area contributed by atoms with Gasteiger partial charge in [0, 0.05) is 15.4 Å². The highest BCUT2D eigenvalue weighted by Crippen LogP contribution is 2.35. The lowest BCUT2D eigenvalue weighted by Gasteiger charge is -2.11. The summed E-state index contributed by atoms with van der Waals surface area (Å²) in [5.41, 5.74) is 1.93. The lowest BCUT2D eigenvalue weighted by Crippen LogP contribution is -2.19. The maximum Gasteiger partial charge on any atom is 0.153 e. The molecular formula is C14H17BrClNO. The van der Waals surface area contributed by atoms with Crippen LogP contribution in [0.2, 0.25) is 5.02 Å². The molecule has 0 radical (unpaired) electrons. The Bertz CT molecular complexity index is 564. The Morgan fingerprint density at radius 3 is 2.83 bits per heavy atom. The summed E-state index contributed by atoms with van der Waals surface area (Å²) in [5, 5.41) is 5.16. The number of nitrogens with one attached hydrogen (secondary N) is 1. The molecule has 1 aromatic heterocycles. The largest absolute Gasteiger partial charge is 0.458 e. The van der Waals surface area contributed by atoms with E-state index in [1.165, 1.54) is 0 Å². The van der Waals surface area contributed by atoms with Gasteiger partial charge in [0.2, 0.25) is 0 Å². The first-order valence-corrected chi connectivity index (χ1v) is 7.33. The van der Waals surface area contributed by atoms with Gasteiger partial charge in [-0.1, -0.05) is 34.5 Å². The van der Waals surface area contributed by atoms with Crippen molar-refractivity contribution >= 4 is 38.5 Å². The first-order valence-electron chi connectivity index (χ1n) is 6.16. The molecule has 0 bridgehead atoms. The van der Waals surface area contributed by atoms with E-state index in [-0.39, 0.29) is 6.04 Å². The summed E-state index contributed by atoms with van der Waals surface area (Å²) in [5.74, 6) is 0.971. The number of aryl methyl sites for hydroxylation is 1. The van der Waals surface area contributed by atoms with E-state index in [0.717, 1.165) is 39.7 Å². The fourth-order valence-electron chi connectivity index (χ4n) is 2.13. The molecule has 1 unspecified atom stereocenters. The van der Waals surface area contributed by atoms with Gasteiger partial charge in [-0.05, 0) is 38.9 Å². The van der Waals surface area contributed by atoms with Crippen LogP contribution in [0.3, 0.4) is 0 Å². The van der Waals surface area contributed by atoms with Crippen LogP contribution in [0.5, 0.6) is 0 Å². The minimum atomic E-state index is 0.201. The van der Waals surface area contributed by atoms with Gasteiger partial charge in [-0.25, -0.2) is 0 Å². The molecule has 98 valence electrons. The van der Waals surface area contributed by atoms with Gasteiger partial charge in [-0.2, -0.15) is 0 Å². The number of fused-ring (bicyclic) bond motifs is 1. The molecule has 2 rings (SSSR count). The Kier molecular flexibility index (Phi) is 4.36. The molecule has 2 aromatic rings. The van der Waals surface area contributed by atoms with Gasteiger partial charge in [0.25, 0.3) is 0 Å². The van der Waals surface area contributed by atoms with Crippen LogP contribution in [0.4, 0.5) is 0 Å². The number of hydrogen-bond acceptors (Lipinski definition) is 2. The number of hydrogen-bond donors (Lipinski definition) is 1. The highest BCUT2D eigenvalue weighted by atomic mass is 79.9. The van der Waals surface area contributed by atoms with Gasteiger partial charge in [0.05, 0.1) is 11.1 Å². The average Bonchev–Trinajstić information content (AvgIpc) is 2.65. The molecule has 1 atom stereocenters. The molecule has 18 heavy (non-hydrogen) atoms. The number of benzene rings is 1. The molecule has 0 saturated carbocycles. The third kappa shape index (κ3) is 2.58. The summed E-state index contributed by atoms with van der Waals surface area (Å²) in [6, 6.07) is 4.11. The predicted molar refractivity (Wildman–Crippen MR) is 80.4 cm³/mol. The van der Waals surface area contributed by atoms with Crippen molar-refractivity contribution in [1.29, 1.82) is 0 Å². The van der Waals surface area contributed by atoms with E-state index in [1.807, 2.05) is 6.07 Å². The van der Waals surface area contributed by atoms with Gasteiger partial charge in [-0.3, -0.25) is 0 Å². The Balaban J connectivity index is 2.47. The first-order chi connectivity index (χ1) is 8.54. The van der Waals surface area contributed by atoms with Crippen molar-refractivity contribution in [2.24, 2.45) is 0 Å². The quantitative estimate of drug-likeness (QED) is 0.831. The number of furan rings is 1. The summed E-state index contributed by atoms with van der Waals surface area (Å²) in [7, 11) is 0. The van der Waals surface area contributed by atoms with Crippen LogP contribution < -0.4 is 5.32 Å². The highest BCUT2D eigenvalue weighted by Gasteiger charge is 2.18. The van der Waals surface area contributed by atoms with E-state index in [1.54, 1.807) is 0 Å². The average molecular weight is 331 g/mol. The molecule has 0 aliphatic carbocycles. The predicted octanol–water partition coefficient (Wildman–Crippen LogP) is 5.22. The molecule has 2 nitrogen and oxygen atoms in total. The van der Waals surface area contributed by atoms with Crippen LogP contribution in [0.25, 0.3) is 11.0 Å². The second-order valence-electron chi connectivity index (χ2n) is 4.53. The lowest BCUT2D eigenvalue weighted by atomic mass is 10.1. The fraction of sp³-hybridized carbons (Fsp3) is 0.429. The molecule has 1 aromatic carbocycles. The topological polar surface area (TPSA) is 25.2 Å². The van der Waals surface area contributed by atoms with Gasteiger partial charge >= 0.3 is 0 Å². The first kappa shape index (κ1) is 13.9. The van der Waals surface area contributed by atoms with Gasteiger partial charge < -0.3 is 9.73 Å². The maximum absolute atomic E-state index is 6.21. The Hall–Kier alpha value is -0.510. The summed E-state index contributed by atoms with van der Waals surface area (Å²) in [6.07, 6.45) is 1.11. The summed E-state index contributed by atoms with van der Waals surface area (Å²) < 4.78 is 6.90. The zero-order chi connectivity index (χ0) is 13.3. The third-order valence-electron chi connectivity index (χ3n) is 3.09. The zero-order valence-electron chi connectivity index (χ0n) is 10.8. The van der Waals surface area contributed by atoms with Crippen molar-refractivity contribution < 1.29 is 4.42 Å². The second-order valence-corrected chi connectivity index (χ2v) is 5.85. The highest BCUT2D eigenvalue weighted by molar-refractivity contribution is 9.10. The van der Waals surface area contributed by atoms with Crippen molar-refractivity contribution in [3.63, 3.8) is 0 Å². The molecule has 1 N–H and O–H groups in total. The van der Waals surface area contributed by atoms with E-state index < -0.39 is 0 Å². The molecule has 0 saturated heterocycles. The Morgan fingerprint density at radius 2 is 2.17 bits per heavy atom. The maximum atomic E-state index is 6.21. The standard InChI is InChI=1S/C14H17BrClNO/c1-4-5-17-9(3)13-8(2)11-6-10(15)7-12(16)14(11)18-13/h6-7,9,17H,4-5H2,1-3H3. The molecule has 0 spiro atoms. The normalized spacial score (nSPS) is 13.2. The van der Waals surface area contributed by atoms with E-state index in [0.29, 0.717) is 5.02 Å². The van der Waals surface area contributed by atoms with Crippen LogP contribution in [0.15, 0.2) is 21.0 Å². The number of halogens is 2. The molecular weight excluding hydrogens is 314 g/mol. The van der Waals surface area contributed by atoms with Gasteiger partial charge in [0.1, 0.15) is 5.76 Å². The summed E-state index contributed by atoms with van der Waals surface area (Å²) in [4.78, 5) is 0. The van der Waals surface area contributed by atoms with Crippen molar-refractivity contribution in [3.05, 3.63) is 33.0 Å². The molecule has 0 aliphatic heterocycles. The van der Waals surface area contributed by atoms with Crippen molar-refractivity contribution in [3.8, 4) is 0 Å². The van der Waals surface area contributed by atoms with Gasteiger partial charge in [-0.15, -0.1) is 0 Å². The molecule has 1 heterocycles. The summed E-state index contributed by atoms with van der Waals surface area (Å²) >= 11 is 9.68. The minimum absolute atomic E-state index is 0.201. The molecule has 0 amide bonds. The SMILES string of the molecule is CCCNC(C)c1oc2c(Cl)cc(Br)cc2c1C. The third-order valence-corrected chi connectivity index (χ3v) is 3.83. The second kappa shape index (κ2) is 5.64. The van der Waals surface area contributed by atoms with E-state index in [2.05, 4.69) is 48.1 Å². The van der Waals surface area contributed by atoms with Crippen molar-refractivity contribution in [2.45, 2.75) is 33.2 Å². The molecule has 0 fully saturated rings. The van der Waals surface area contributed by atoms with E-state index in [4.69, 9.17) is 16.0 Å². The summed E-state index contributed by atoms with van der Waals surface area (Å²) in [6.45, 7) is 7.33. The van der Waals surface area contributed by atoms with Crippen LogP contribution in [0.1, 0.15) is 37.6 Å². The lowest BCUT2D eigenvalue weighted by molar-refractivity contribution is 0.449. The van der Waals surface area contributed by atoms with Crippen molar-refractivity contribution in [1.82, 2.24) is 5.32 Å². The van der Waals surface area contributed by atoms with Crippen LogP contribution in [-0.2, 0) is 0 Å². The van der Waals surface area contributed by atoms with Crippen molar-refractivity contribution in [2.75, 3.05) is 6.54 Å². The fourth-order valence-corrected chi connectivity index (χ4v) is 2.98. The van der Waals surface area contributed by atoms with E-state index in [9.17, 15) is 0 Å². The van der Waals surface area contributed by atoms with Crippen LogP contribution in [0, 0.1) is 6.92 Å². The van der Waals surface area contributed by atoms with Crippen LogP contribution in [-0.4, -0.2) is 6.54 Å². The van der Waals surface area contributed by atoms with Crippen LogP contribution >= 0.6 is 27.5 Å². The zero-order valence-corrected chi connectivity index (χ0v) is 13.2. The minimum Gasteiger partial charge on any atom is -0.458 e. The number of rotatable bonds is 4.